The molecule has 5 heteroatoms. The molecule has 1 N–H and O–H groups in total. The molecule has 5 nitrogen and oxygen atoms in total. The molecule has 0 spiro atoms. The molecule has 0 radical (unpaired) electrons. The number of aryl methyl sites for hydroxylation is 1. The lowest BCUT2D eigenvalue weighted by Crippen LogP contribution is -2.33. The fraction of sp³-hybridized carbons (Fsp3) is 0.647. The lowest BCUT2D eigenvalue weighted by molar-refractivity contribution is -0.0406. The Bertz CT molecular complexity index is 587. The zero-order valence-corrected chi connectivity index (χ0v) is 14.3. The van der Waals surface area contributed by atoms with Crippen molar-refractivity contribution in [1.29, 1.82) is 5.26 Å². The van der Waals surface area contributed by atoms with Crippen LogP contribution in [-0.2, 0) is 24.2 Å². The molecule has 0 atom stereocenters. The second-order valence-corrected chi connectivity index (χ2v) is 6.66. The number of aromatic nitrogens is 1. The lowest BCUT2D eigenvalue weighted by Gasteiger charge is -2.33. The van der Waals surface area contributed by atoms with E-state index in [-0.39, 0.29) is 5.60 Å². The number of likely N-dealkylation sites (N-methyl/N-ethyl adjacent to an activating group) is 1. The van der Waals surface area contributed by atoms with Gasteiger partial charge in [0, 0.05) is 30.8 Å². The predicted octanol–water partition coefficient (Wildman–Crippen LogP) is 2.34. The van der Waals surface area contributed by atoms with Gasteiger partial charge in [0.15, 0.2) is 0 Å². The third-order valence-corrected chi connectivity index (χ3v) is 4.01. The molecule has 0 saturated heterocycles. The van der Waals surface area contributed by atoms with Gasteiger partial charge in [-0.1, -0.05) is 6.92 Å². The molecular weight excluding hydrogens is 276 g/mol. The molecule has 0 fully saturated rings. The average molecular weight is 302 g/mol. The van der Waals surface area contributed by atoms with E-state index >= 15 is 0 Å². The fourth-order valence-corrected chi connectivity index (χ4v) is 2.77. The highest BCUT2D eigenvalue weighted by molar-refractivity contribution is 5.60. The van der Waals surface area contributed by atoms with Crippen LogP contribution in [0.4, 0.5) is 5.82 Å². The highest BCUT2D eigenvalue weighted by atomic mass is 16.5. The van der Waals surface area contributed by atoms with Crippen molar-refractivity contribution >= 4 is 5.82 Å². The third-order valence-electron chi connectivity index (χ3n) is 4.01. The molecule has 2 rings (SSSR count). The number of rotatable bonds is 5. The first-order chi connectivity index (χ1) is 10.4. The molecule has 120 valence electrons. The zero-order valence-electron chi connectivity index (χ0n) is 14.3. The van der Waals surface area contributed by atoms with E-state index in [1.807, 2.05) is 14.1 Å². The largest absolute Gasteiger partial charge is 0.370 e. The van der Waals surface area contributed by atoms with Crippen LogP contribution < -0.4 is 5.32 Å². The van der Waals surface area contributed by atoms with Gasteiger partial charge in [0.2, 0.25) is 0 Å². The maximum atomic E-state index is 9.64. The monoisotopic (exact) mass is 302 g/mol. The van der Waals surface area contributed by atoms with Gasteiger partial charge in [0.05, 0.1) is 17.8 Å². The third kappa shape index (κ3) is 3.57. The summed E-state index contributed by atoms with van der Waals surface area (Å²) in [4.78, 5) is 6.79. The van der Waals surface area contributed by atoms with Crippen molar-refractivity contribution in [2.45, 2.75) is 45.8 Å². The zero-order chi connectivity index (χ0) is 16.3. The second-order valence-electron chi connectivity index (χ2n) is 6.66. The molecule has 0 saturated carbocycles. The van der Waals surface area contributed by atoms with E-state index < -0.39 is 0 Å². The Morgan fingerprint density at radius 2 is 2.09 bits per heavy atom. The van der Waals surface area contributed by atoms with Crippen LogP contribution in [0.3, 0.4) is 0 Å². The van der Waals surface area contributed by atoms with Crippen LogP contribution in [0.15, 0.2) is 0 Å². The van der Waals surface area contributed by atoms with Crippen LogP contribution in [0.25, 0.3) is 0 Å². The van der Waals surface area contributed by atoms with Gasteiger partial charge in [-0.3, -0.25) is 0 Å². The van der Waals surface area contributed by atoms with Crippen LogP contribution in [0.2, 0.25) is 0 Å². The summed E-state index contributed by atoms with van der Waals surface area (Å²) in [6.07, 6.45) is 1.60. The van der Waals surface area contributed by atoms with E-state index in [1.54, 1.807) is 0 Å². The number of hydrogen-bond acceptors (Lipinski definition) is 5. The Labute approximate surface area is 133 Å². The van der Waals surface area contributed by atoms with Gasteiger partial charge in [-0.15, -0.1) is 0 Å². The first-order valence-corrected chi connectivity index (χ1v) is 7.85. The van der Waals surface area contributed by atoms with Gasteiger partial charge >= 0.3 is 0 Å². The van der Waals surface area contributed by atoms with E-state index in [0.29, 0.717) is 12.2 Å². The van der Waals surface area contributed by atoms with Crippen LogP contribution in [0.1, 0.15) is 43.2 Å². The Kier molecular flexibility index (Phi) is 5.05. The SMILES string of the molecule is CCc1nc(NCCN(C)C)c(C#N)c2c1COC(C)(C)C2. The molecule has 0 aromatic carbocycles. The number of nitrogens with one attached hydrogen (secondary N) is 1. The van der Waals surface area contributed by atoms with Crippen molar-refractivity contribution in [1.82, 2.24) is 9.88 Å². The molecule has 0 amide bonds. The number of hydrogen-bond donors (Lipinski definition) is 1. The number of nitrogens with zero attached hydrogens (tertiary/aromatic N) is 3. The molecule has 0 unspecified atom stereocenters. The highest BCUT2D eigenvalue weighted by Gasteiger charge is 2.31. The fourth-order valence-electron chi connectivity index (χ4n) is 2.77. The van der Waals surface area contributed by atoms with E-state index in [0.717, 1.165) is 48.6 Å². The maximum Gasteiger partial charge on any atom is 0.144 e. The van der Waals surface area contributed by atoms with Gasteiger partial charge in [0.1, 0.15) is 11.9 Å². The molecule has 22 heavy (non-hydrogen) atoms. The van der Waals surface area contributed by atoms with E-state index in [2.05, 4.69) is 42.0 Å². The maximum absolute atomic E-state index is 9.64. The van der Waals surface area contributed by atoms with Gasteiger partial charge in [-0.2, -0.15) is 5.26 Å². The molecule has 1 aliphatic rings. The summed E-state index contributed by atoms with van der Waals surface area (Å²) in [5.74, 6) is 0.720. The summed E-state index contributed by atoms with van der Waals surface area (Å²) >= 11 is 0. The second kappa shape index (κ2) is 6.64. The molecule has 1 aromatic rings. The Hall–Kier alpha value is -1.64. The van der Waals surface area contributed by atoms with Crippen molar-refractivity contribution in [3.63, 3.8) is 0 Å². The number of pyridine rings is 1. The molecule has 0 bridgehead atoms. The standard InChI is InChI=1S/C17H26N4O/c1-6-15-14-11-22-17(2,3)9-12(14)13(10-18)16(20-15)19-7-8-21(4)5/h6-9,11H2,1-5H3,(H,19,20). The van der Waals surface area contributed by atoms with Crippen molar-refractivity contribution in [2.24, 2.45) is 0 Å². The Morgan fingerprint density at radius 3 is 2.68 bits per heavy atom. The normalized spacial score (nSPS) is 16.2. The van der Waals surface area contributed by atoms with E-state index in [9.17, 15) is 5.26 Å². The van der Waals surface area contributed by atoms with Crippen molar-refractivity contribution in [3.05, 3.63) is 22.4 Å². The van der Waals surface area contributed by atoms with Crippen LogP contribution in [0, 0.1) is 11.3 Å². The Balaban J connectivity index is 2.41. The molecular formula is C17H26N4O. The summed E-state index contributed by atoms with van der Waals surface area (Å²) in [6.45, 7) is 8.46. The summed E-state index contributed by atoms with van der Waals surface area (Å²) in [5.41, 5.74) is 3.71. The van der Waals surface area contributed by atoms with E-state index in [1.165, 1.54) is 0 Å². The number of nitriles is 1. The quantitative estimate of drug-likeness (QED) is 0.904. The Morgan fingerprint density at radius 1 is 1.36 bits per heavy atom. The van der Waals surface area contributed by atoms with Crippen molar-refractivity contribution in [2.75, 3.05) is 32.5 Å². The van der Waals surface area contributed by atoms with Gasteiger partial charge in [-0.25, -0.2) is 4.98 Å². The van der Waals surface area contributed by atoms with Gasteiger partial charge < -0.3 is 15.0 Å². The number of ether oxygens (including phenoxy) is 1. The smallest absolute Gasteiger partial charge is 0.144 e. The first kappa shape index (κ1) is 16.7. The molecule has 2 heterocycles. The summed E-state index contributed by atoms with van der Waals surface area (Å²) in [5, 5.41) is 13.0. The molecule has 0 aliphatic carbocycles. The van der Waals surface area contributed by atoms with Crippen LogP contribution in [0.5, 0.6) is 0 Å². The van der Waals surface area contributed by atoms with Gasteiger partial charge in [-0.05, 0) is 39.9 Å². The topological polar surface area (TPSA) is 61.2 Å². The minimum Gasteiger partial charge on any atom is -0.370 e. The minimum atomic E-state index is -0.230. The minimum absolute atomic E-state index is 0.230. The van der Waals surface area contributed by atoms with Gasteiger partial charge in [0.25, 0.3) is 0 Å². The summed E-state index contributed by atoms with van der Waals surface area (Å²) in [7, 11) is 4.06. The number of fused-ring (bicyclic) bond motifs is 1. The predicted molar refractivity (Wildman–Crippen MR) is 87.9 cm³/mol. The summed E-state index contributed by atoms with van der Waals surface area (Å²) < 4.78 is 5.91. The highest BCUT2D eigenvalue weighted by Crippen LogP contribution is 2.34. The van der Waals surface area contributed by atoms with Crippen molar-refractivity contribution in [3.8, 4) is 6.07 Å². The lowest BCUT2D eigenvalue weighted by atomic mass is 9.87. The first-order valence-electron chi connectivity index (χ1n) is 7.85. The van der Waals surface area contributed by atoms with Crippen molar-refractivity contribution < 1.29 is 4.74 Å². The molecule has 1 aliphatic heterocycles. The van der Waals surface area contributed by atoms with E-state index in [4.69, 9.17) is 4.74 Å². The van der Waals surface area contributed by atoms with Crippen LogP contribution in [-0.4, -0.2) is 42.7 Å². The van der Waals surface area contributed by atoms with Crippen LogP contribution >= 0.6 is 0 Å². The molecule has 1 aromatic heterocycles. The summed E-state index contributed by atoms with van der Waals surface area (Å²) in [6, 6.07) is 2.36. The average Bonchev–Trinajstić information content (AvgIpc) is 2.44. The number of anilines is 1.